The third-order valence-electron chi connectivity index (χ3n) is 3.23. The van der Waals surface area contributed by atoms with Crippen molar-refractivity contribution in [2.75, 3.05) is 0 Å². The van der Waals surface area contributed by atoms with Gasteiger partial charge in [-0.15, -0.1) is 0 Å². The van der Waals surface area contributed by atoms with E-state index >= 15 is 0 Å². The molecule has 96 valence electrons. The standard InChI is InChI=1S/C14H22BrNO/c1-4-6-7-12(5-2)9-16-10-13(15)8-11(3)14(16)17/h8,10,12H,4-7,9H2,1-3H3. The fourth-order valence-electron chi connectivity index (χ4n) is 2.07. The molecule has 1 rings (SSSR count). The quantitative estimate of drug-likeness (QED) is 0.774. The van der Waals surface area contributed by atoms with E-state index in [1.807, 2.05) is 23.8 Å². The Morgan fingerprint density at radius 1 is 1.41 bits per heavy atom. The summed E-state index contributed by atoms with van der Waals surface area (Å²) in [6.07, 6.45) is 6.73. The zero-order chi connectivity index (χ0) is 12.8. The van der Waals surface area contributed by atoms with Crippen LogP contribution in [-0.4, -0.2) is 4.57 Å². The van der Waals surface area contributed by atoms with Crippen LogP contribution < -0.4 is 5.56 Å². The van der Waals surface area contributed by atoms with Crippen LogP contribution in [0.1, 0.15) is 45.1 Å². The first-order valence-electron chi connectivity index (χ1n) is 6.45. The van der Waals surface area contributed by atoms with Crippen molar-refractivity contribution in [3.63, 3.8) is 0 Å². The Kier molecular flexibility index (Phi) is 5.96. The van der Waals surface area contributed by atoms with Crippen LogP contribution in [-0.2, 0) is 6.54 Å². The number of hydrogen-bond donors (Lipinski definition) is 0. The minimum atomic E-state index is 0.142. The highest BCUT2D eigenvalue weighted by molar-refractivity contribution is 9.10. The molecule has 0 bridgehead atoms. The lowest BCUT2D eigenvalue weighted by molar-refractivity contribution is 0.384. The summed E-state index contributed by atoms with van der Waals surface area (Å²) in [7, 11) is 0. The van der Waals surface area contributed by atoms with Crippen LogP contribution in [0.2, 0.25) is 0 Å². The molecule has 1 atom stereocenters. The van der Waals surface area contributed by atoms with Gasteiger partial charge in [0.1, 0.15) is 0 Å². The van der Waals surface area contributed by atoms with Crippen molar-refractivity contribution in [1.82, 2.24) is 4.57 Å². The number of aromatic nitrogens is 1. The number of rotatable bonds is 6. The lowest BCUT2D eigenvalue weighted by atomic mass is 9.99. The molecule has 2 nitrogen and oxygen atoms in total. The van der Waals surface area contributed by atoms with Crippen molar-refractivity contribution >= 4 is 15.9 Å². The number of pyridine rings is 1. The number of nitrogens with zero attached hydrogens (tertiary/aromatic N) is 1. The monoisotopic (exact) mass is 299 g/mol. The van der Waals surface area contributed by atoms with E-state index in [1.165, 1.54) is 19.3 Å². The SMILES string of the molecule is CCCCC(CC)Cn1cc(Br)cc(C)c1=O. The van der Waals surface area contributed by atoms with Gasteiger partial charge in [-0.25, -0.2) is 0 Å². The average molecular weight is 300 g/mol. The van der Waals surface area contributed by atoms with Gasteiger partial charge >= 0.3 is 0 Å². The molecule has 1 aromatic rings. The molecule has 0 aliphatic heterocycles. The molecule has 0 N–H and O–H groups in total. The largest absolute Gasteiger partial charge is 0.314 e. The Morgan fingerprint density at radius 2 is 2.12 bits per heavy atom. The normalized spacial score (nSPS) is 12.7. The molecule has 0 saturated heterocycles. The highest BCUT2D eigenvalue weighted by Crippen LogP contribution is 2.16. The first kappa shape index (κ1) is 14.5. The molecule has 3 heteroatoms. The molecule has 0 aliphatic rings. The highest BCUT2D eigenvalue weighted by atomic mass is 79.9. The van der Waals surface area contributed by atoms with Crippen LogP contribution in [0.25, 0.3) is 0 Å². The van der Waals surface area contributed by atoms with E-state index in [2.05, 4.69) is 29.8 Å². The Bertz CT molecular complexity index is 411. The first-order chi connectivity index (χ1) is 8.08. The molecule has 0 saturated carbocycles. The van der Waals surface area contributed by atoms with E-state index in [0.29, 0.717) is 5.92 Å². The van der Waals surface area contributed by atoms with E-state index in [9.17, 15) is 4.79 Å². The maximum absolute atomic E-state index is 12.0. The molecule has 0 spiro atoms. The summed E-state index contributed by atoms with van der Waals surface area (Å²) in [6, 6.07) is 1.88. The first-order valence-corrected chi connectivity index (χ1v) is 7.24. The minimum Gasteiger partial charge on any atom is -0.314 e. The van der Waals surface area contributed by atoms with Gasteiger partial charge in [0.15, 0.2) is 0 Å². The van der Waals surface area contributed by atoms with Gasteiger partial charge in [-0.1, -0.05) is 33.1 Å². The second kappa shape index (κ2) is 7.00. The van der Waals surface area contributed by atoms with Gasteiger partial charge < -0.3 is 4.57 Å². The van der Waals surface area contributed by atoms with Crippen LogP contribution in [0, 0.1) is 12.8 Å². The van der Waals surface area contributed by atoms with E-state index in [4.69, 9.17) is 0 Å². The smallest absolute Gasteiger partial charge is 0.253 e. The molecule has 0 aromatic carbocycles. The molecule has 0 fully saturated rings. The topological polar surface area (TPSA) is 22.0 Å². The van der Waals surface area contributed by atoms with Gasteiger partial charge in [-0.2, -0.15) is 0 Å². The Labute approximate surface area is 112 Å². The predicted octanol–water partition coefficient (Wildman–Crippen LogP) is 4.14. The average Bonchev–Trinajstić information content (AvgIpc) is 2.30. The van der Waals surface area contributed by atoms with Crippen molar-refractivity contribution in [2.24, 2.45) is 5.92 Å². The lowest BCUT2D eigenvalue weighted by Crippen LogP contribution is -2.25. The molecule has 1 unspecified atom stereocenters. The fourth-order valence-corrected chi connectivity index (χ4v) is 2.66. The van der Waals surface area contributed by atoms with Gasteiger partial charge in [-0.05, 0) is 41.3 Å². The van der Waals surface area contributed by atoms with Crippen LogP contribution in [0.15, 0.2) is 21.5 Å². The van der Waals surface area contributed by atoms with Crippen LogP contribution >= 0.6 is 15.9 Å². The van der Waals surface area contributed by atoms with E-state index < -0.39 is 0 Å². The maximum Gasteiger partial charge on any atom is 0.253 e. The minimum absolute atomic E-state index is 0.142. The highest BCUT2D eigenvalue weighted by Gasteiger charge is 2.09. The van der Waals surface area contributed by atoms with Crippen molar-refractivity contribution in [2.45, 2.75) is 53.0 Å². The zero-order valence-corrected chi connectivity index (χ0v) is 12.6. The number of hydrogen-bond acceptors (Lipinski definition) is 1. The van der Waals surface area contributed by atoms with E-state index in [-0.39, 0.29) is 5.56 Å². The maximum atomic E-state index is 12.0. The van der Waals surface area contributed by atoms with E-state index in [0.717, 1.165) is 23.0 Å². The van der Waals surface area contributed by atoms with Crippen LogP contribution in [0.4, 0.5) is 0 Å². The van der Waals surface area contributed by atoms with Crippen LogP contribution in [0.5, 0.6) is 0 Å². The Morgan fingerprint density at radius 3 is 2.71 bits per heavy atom. The van der Waals surface area contributed by atoms with Crippen molar-refractivity contribution < 1.29 is 0 Å². The second-order valence-electron chi connectivity index (χ2n) is 4.72. The molecule has 0 aliphatic carbocycles. The molecule has 17 heavy (non-hydrogen) atoms. The molecular formula is C14H22BrNO. The summed E-state index contributed by atoms with van der Waals surface area (Å²) in [5.74, 6) is 0.612. The number of unbranched alkanes of at least 4 members (excludes halogenated alkanes) is 1. The number of aryl methyl sites for hydroxylation is 1. The lowest BCUT2D eigenvalue weighted by Gasteiger charge is -2.16. The third-order valence-corrected chi connectivity index (χ3v) is 3.66. The summed E-state index contributed by atoms with van der Waals surface area (Å²) < 4.78 is 2.84. The van der Waals surface area contributed by atoms with Gasteiger partial charge in [-0.3, -0.25) is 4.79 Å². The summed E-state index contributed by atoms with van der Waals surface area (Å²) in [5, 5.41) is 0. The van der Waals surface area contributed by atoms with Crippen LogP contribution in [0.3, 0.4) is 0 Å². The third kappa shape index (κ3) is 4.30. The van der Waals surface area contributed by atoms with Gasteiger partial charge in [0.25, 0.3) is 5.56 Å². The van der Waals surface area contributed by atoms with Gasteiger partial charge in [0.2, 0.25) is 0 Å². The Balaban J connectivity index is 2.82. The Hall–Kier alpha value is -0.570. The zero-order valence-electron chi connectivity index (χ0n) is 11.0. The van der Waals surface area contributed by atoms with E-state index in [1.54, 1.807) is 0 Å². The van der Waals surface area contributed by atoms with Gasteiger partial charge in [0.05, 0.1) is 0 Å². The fraction of sp³-hybridized carbons (Fsp3) is 0.643. The molecule has 0 radical (unpaired) electrons. The number of halogens is 1. The van der Waals surface area contributed by atoms with Crippen molar-refractivity contribution in [3.05, 3.63) is 32.7 Å². The molecule has 1 heterocycles. The van der Waals surface area contributed by atoms with Crippen molar-refractivity contribution in [3.8, 4) is 0 Å². The molecular weight excluding hydrogens is 278 g/mol. The van der Waals surface area contributed by atoms with Crippen molar-refractivity contribution in [1.29, 1.82) is 0 Å². The van der Waals surface area contributed by atoms with Gasteiger partial charge in [0, 0.05) is 22.8 Å². The summed E-state index contributed by atoms with van der Waals surface area (Å²) >= 11 is 3.45. The summed E-state index contributed by atoms with van der Waals surface area (Å²) in [6.45, 7) is 7.13. The summed E-state index contributed by atoms with van der Waals surface area (Å²) in [5.41, 5.74) is 0.952. The second-order valence-corrected chi connectivity index (χ2v) is 5.63. The predicted molar refractivity (Wildman–Crippen MR) is 76.4 cm³/mol. The molecule has 0 amide bonds. The summed E-state index contributed by atoms with van der Waals surface area (Å²) in [4.78, 5) is 12.0. The molecule has 1 aromatic heterocycles.